The third-order valence-electron chi connectivity index (χ3n) is 6.25. The fourth-order valence-electron chi connectivity index (χ4n) is 4.33. The first kappa shape index (κ1) is 17.1. The van der Waals surface area contributed by atoms with Gasteiger partial charge in [-0.3, -0.25) is 4.79 Å². The number of hydrogen-bond acceptors (Lipinski definition) is 1. The van der Waals surface area contributed by atoms with Gasteiger partial charge in [0.25, 0.3) is 0 Å². The second-order valence-electron chi connectivity index (χ2n) is 9.05. The number of rotatable bonds is 2. The van der Waals surface area contributed by atoms with E-state index in [0.29, 0.717) is 0 Å². The van der Waals surface area contributed by atoms with E-state index >= 15 is 0 Å². The number of aromatic nitrogens is 1. The molecule has 1 aliphatic carbocycles. The van der Waals surface area contributed by atoms with E-state index in [1.165, 1.54) is 35.1 Å². The van der Waals surface area contributed by atoms with E-state index in [1.807, 2.05) is 18.2 Å². The van der Waals surface area contributed by atoms with Gasteiger partial charge in [-0.1, -0.05) is 45.9 Å². The standard InChI is InChI=1S/C24H27NO/c1-15(26)16-7-9-22-18(12-16)19(14-25-22)17-6-8-20-21(13-17)24(4,5)11-10-23(20,2)3/h6-9,12-14,25H,10-11H2,1-5H3. The zero-order chi connectivity index (χ0) is 18.7. The fraction of sp³-hybridized carbons (Fsp3) is 0.375. The van der Waals surface area contributed by atoms with Crippen molar-refractivity contribution in [3.8, 4) is 11.1 Å². The maximum Gasteiger partial charge on any atom is 0.159 e. The molecule has 1 aromatic heterocycles. The van der Waals surface area contributed by atoms with Crippen LogP contribution in [0.1, 0.15) is 68.9 Å². The Morgan fingerprint density at radius 3 is 2.31 bits per heavy atom. The van der Waals surface area contributed by atoms with Crippen LogP contribution in [0.4, 0.5) is 0 Å². The summed E-state index contributed by atoms with van der Waals surface area (Å²) < 4.78 is 0. The van der Waals surface area contributed by atoms with Crippen LogP contribution in [0.5, 0.6) is 0 Å². The van der Waals surface area contributed by atoms with Gasteiger partial charge in [-0.2, -0.15) is 0 Å². The van der Waals surface area contributed by atoms with Crippen molar-refractivity contribution < 1.29 is 4.79 Å². The van der Waals surface area contributed by atoms with Crippen LogP contribution in [0.3, 0.4) is 0 Å². The molecule has 3 aromatic rings. The maximum absolute atomic E-state index is 11.8. The molecule has 0 fully saturated rings. The molecule has 2 heteroatoms. The Labute approximate surface area is 155 Å². The van der Waals surface area contributed by atoms with Crippen LogP contribution < -0.4 is 0 Å². The average Bonchev–Trinajstić information content (AvgIpc) is 3.02. The highest BCUT2D eigenvalue weighted by atomic mass is 16.1. The zero-order valence-corrected chi connectivity index (χ0v) is 16.4. The van der Waals surface area contributed by atoms with Crippen LogP contribution in [0.25, 0.3) is 22.0 Å². The zero-order valence-electron chi connectivity index (χ0n) is 16.4. The summed E-state index contributed by atoms with van der Waals surface area (Å²) in [6.45, 7) is 11.0. The quantitative estimate of drug-likeness (QED) is 0.537. The highest BCUT2D eigenvalue weighted by Gasteiger charge is 2.37. The Morgan fingerprint density at radius 1 is 0.923 bits per heavy atom. The van der Waals surface area contributed by atoms with Crippen LogP contribution in [0.15, 0.2) is 42.6 Å². The lowest BCUT2D eigenvalue weighted by molar-refractivity contribution is 0.101. The number of Topliss-reactive ketones (excluding diaryl/α,β-unsaturated/α-hetero) is 1. The summed E-state index contributed by atoms with van der Waals surface area (Å²) in [6, 6.07) is 12.8. The van der Waals surface area contributed by atoms with Crippen molar-refractivity contribution >= 4 is 16.7 Å². The van der Waals surface area contributed by atoms with Crippen LogP contribution >= 0.6 is 0 Å². The van der Waals surface area contributed by atoms with Crippen molar-refractivity contribution in [2.75, 3.05) is 0 Å². The van der Waals surface area contributed by atoms with Crippen molar-refractivity contribution in [3.05, 3.63) is 59.3 Å². The first-order valence-corrected chi connectivity index (χ1v) is 9.46. The van der Waals surface area contributed by atoms with Gasteiger partial charge in [0.15, 0.2) is 5.78 Å². The van der Waals surface area contributed by atoms with E-state index < -0.39 is 0 Å². The van der Waals surface area contributed by atoms with E-state index in [-0.39, 0.29) is 16.6 Å². The largest absolute Gasteiger partial charge is 0.361 e. The summed E-state index contributed by atoms with van der Waals surface area (Å²) in [6.07, 6.45) is 4.50. The number of benzene rings is 2. The predicted molar refractivity (Wildman–Crippen MR) is 109 cm³/mol. The molecule has 0 atom stereocenters. The summed E-state index contributed by atoms with van der Waals surface area (Å²) in [5.74, 6) is 0.104. The topological polar surface area (TPSA) is 32.9 Å². The lowest BCUT2D eigenvalue weighted by atomic mass is 9.63. The van der Waals surface area contributed by atoms with Gasteiger partial charge >= 0.3 is 0 Å². The molecule has 0 radical (unpaired) electrons. The van der Waals surface area contributed by atoms with Crippen molar-refractivity contribution in [2.24, 2.45) is 0 Å². The maximum atomic E-state index is 11.8. The van der Waals surface area contributed by atoms with Crippen LogP contribution in [0, 0.1) is 0 Å². The Morgan fingerprint density at radius 2 is 1.62 bits per heavy atom. The van der Waals surface area contributed by atoms with Crippen molar-refractivity contribution in [2.45, 2.75) is 58.3 Å². The number of H-pyrrole nitrogens is 1. The lowest BCUT2D eigenvalue weighted by Gasteiger charge is -2.42. The van der Waals surface area contributed by atoms with Crippen molar-refractivity contribution in [1.29, 1.82) is 0 Å². The first-order valence-electron chi connectivity index (χ1n) is 9.46. The van der Waals surface area contributed by atoms with E-state index in [4.69, 9.17) is 0 Å². The lowest BCUT2D eigenvalue weighted by Crippen LogP contribution is -2.33. The summed E-state index contributed by atoms with van der Waals surface area (Å²) in [5, 5.41) is 1.12. The number of fused-ring (bicyclic) bond motifs is 2. The second kappa shape index (κ2) is 5.57. The molecule has 26 heavy (non-hydrogen) atoms. The molecule has 134 valence electrons. The molecule has 0 aliphatic heterocycles. The SMILES string of the molecule is CC(=O)c1ccc2[nH]cc(-c3ccc4c(c3)C(C)(C)CCC4(C)C)c2c1. The van der Waals surface area contributed by atoms with E-state index in [0.717, 1.165) is 16.5 Å². The molecule has 2 aromatic carbocycles. The summed E-state index contributed by atoms with van der Waals surface area (Å²) in [5.41, 5.74) is 7.58. The molecule has 0 spiro atoms. The van der Waals surface area contributed by atoms with Gasteiger partial charge in [-0.15, -0.1) is 0 Å². The number of carbonyl (C=O) groups excluding carboxylic acids is 1. The van der Waals surface area contributed by atoms with E-state index in [1.54, 1.807) is 6.92 Å². The Balaban J connectivity index is 1.91. The molecular formula is C24H27NO. The van der Waals surface area contributed by atoms with E-state index in [9.17, 15) is 4.79 Å². The van der Waals surface area contributed by atoms with Crippen LogP contribution in [-0.4, -0.2) is 10.8 Å². The third-order valence-corrected chi connectivity index (χ3v) is 6.25. The summed E-state index contributed by atoms with van der Waals surface area (Å²) in [4.78, 5) is 15.2. The molecular weight excluding hydrogens is 318 g/mol. The number of ketones is 1. The van der Waals surface area contributed by atoms with Gasteiger partial charge in [0, 0.05) is 28.2 Å². The number of carbonyl (C=O) groups is 1. The van der Waals surface area contributed by atoms with Gasteiger partial charge in [-0.25, -0.2) is 0 Å². The number of hydrogen-bond donors (Lipinski definition) is 1. The average molecular weight is 345 g/mol. The van der Waals surface area contributed by atoms with E-state index in [2.05, 4.69) is 57.1 Å². The van der Waals surface area contributed by atoms with Crippen molar-refractivity contribution in [3.63, 3.8) is 0 Å². The molecule has 0 saturated carbocycles. The number of nitrogens with one attached hydrogen (secondary N) is 1. The van der Waals surface area contributed by atoms with Gasteiger partial charge in [0.2, 0.25) is 0 Å². The smallest absolute Gasteiger partial charge is 0.159 e. The third kappa shape index (κ3) is 2.59. The van der Waals surface area contributed by atoms with Gasteiger partial charge < -0.3 is 4.98 Å². The molecule has 0 bridgehead atoms. The Hall–Kier alpha value is -2.35. The van der Waals surface area contributed by atoms with Gasteiger partial charge in [0.05, 0.1) is 0 Å². The Bertz CT molecular complexity index is 1020. The molecule has 0 unspecified atom stereocenters. The predicted octanol–water partition coefficient (Wildman–Crippen LogP) is 6.39. The molecule has 1 N–H and O–H groups in total. The summed E-state index contributed by atoms with van der Waals surface area (Å²) >= 11 is 0. The highest BCUT2D eigenvalue weighted by molar-refractivity contribution is 6.02. The second-order valence-corrected chi connectivity index (χ2v) is 9.05. The molecule has 0 saturated heterocycles. The monoisotopic (exact) mass is 345 g/mol. The normalized spacial score (nSPS) is 17.9. The minimum Gasteiger partial charge on any atom is -0.361 e. The van der Waals surface area contributed by atoms with Crippen LogP contribution in [-0.2, 0) is 10.8 Å². The molecule has 4 rings (SSSR count). The first-order chi connectivity index (χ1) is 12.2. The molecule has 0 amide bonds. The van der Waals surface area contributed by atoms with Gasteiger partial charge in [-0.05, 0) is 65.5 Å². The molecule has 2 nitrogen and oxygen atoms in total. The minimum absolute atomic E-state index is 0.104. The minimum atomic E-state index is 0.104. The molecule has 1 aliphatic rings. The summed E-state index contributed by atoms with van der Waals surface area (Å²) in [7, 11) is 0. The fourth-order valence-corrected chi connectivity index (χ4v) is 4.33. The van der Waals surface area contributed by atoms with Crippen LogP contribution in [0.2, 0.25) is 0 Å². The number of aromatic amines is 1. The van der Waals surface area contributed by atoms with Gasteiger partial charge in [0.1, 0.15) is 0 Å². The molecule has 1 heterocycles. The Kier molecular flexibility index (Phi) is 3.66. The van der Waals surface area contributed by atoms with Crippen molar-refractivity contribution in [1.82, 2.24) is 4.98 Å². The highest BCUT2D eigenvalue weighted by Crippen LogP contribution is 2.47.